The van der Waals surface area contributed by atoms with Gasteiger partial charge in [0.2, 0.25) is 0 Å². The van der Waals surface area contributed by atoms with Gasteiger partial charge in [-0.15, -0.1) is 0 Å². The molecule has 2 N–H and O–H groups in total. The van der Waals surface area contributed by atoms with E-state index in [1.165, 1.54) is 0 Å². The molecule has 76 valence electrons. The Labute approximate surface area is 83.8 Å². The molecule has 0 fully saturated rings. The van der Waals surface area contributed by atoms with Gasteiger partial charge in [0.15, 0.2) is 0 Å². The second-order valence-corrected chi connectivity index (χ2v) is 3.13. The van der Waals surface area contributed by atoms with E-state index < -0.39 is 0 Å². The van der Waals surface area contributed by atoms with Crippen LogP contribution >= 0.6 is 0 Å². The number of nitrogens with one attached hydrogen (secondary N) is 1. The number of amides is 1. The van der Waals surface area contributed by atoms with Crippen LogP contribution in [0.4, 0.5) is 0 Å². The Bertz CT molecular complexity index is 281. The Kier molecular flexibility index (Phi) is 4.13. The first-order chi connectivity index (χ1) is 6.77. The highest BCUT2D eigenvalue weighted by atomic mass is 16.3. The number of aliphatic hydroxyl groups excluding tert-OH is 1. The number of hydrogen-bond acceptors (Lipinski definition) is 2. The van der Waals surface area contributed by atoms with Crippen LogP contribution in [0.2, 0.25) is 0 Å². The number of carbonyl (C=O) groups excluding carboxylic acids is 1. The van der Waals surface area contributed by atoms with Crippen molar-refractivity contribution in [3.05, 3.63) is 35.9 Å². The van der Waals surface area contributed by atoms with Crippen molar-refractivity contribution in [2.45, 2.75) is 19.4 Å². The molecule has 0 saturated carbocycles. The molecule has 0 radical (unpaired) electrons. The average molecular weight is 193 g/mol. The summed E-state index contributed by atoms with van der Waals surface area (Å²) in [7, 11) is 0. The Morgan fingerprint density at radius 3 is 2.57 bits per heavy atom. The topological polar surface area (TPSA) is 49.3 Å². The van der Waals surface area contributed by atoms with Crippen LogP contribution in [-0.2, 0) is 0 Å². The summed E-state index contributed by atoms with van der Waals surface area (Å²) >= 11 is 0. The minimum atomic E-state index is -0.150. The molecule has 0 heterocycles. The summed E-state index contributed by atoms with van der Waals surface area (Å²) < 4.78 is 0. The third-order valence-corrected chi connectivity index (χ3v) is 2.08. The molecule has 0 unspecified atom stereocenters. The van der Waals surface area contributed by atoms with Gasteiger partial charge in [0.1, 0.15) is 0 Å². The molecule has 0 aliphatic rings. The van der Waals surface area contributed by atoms with Crippen LogP contribution in [0.3, 0.4) is 0 Å². The van der Waals surface area contributed by atoms with Crippen molar-refractivity contribution in [1.82, 2.24) is 5.32 Å². The van der Waals surface area contributed by atoms with Gasteiger partial charge in [0.25, 0.3) is 5.91 Å². The van der Waals surface area contributed by atoms with Crippen molar-refractivity contribution in [3.8, 4) is 0 Å². The lowest BCUT2D eigenvalue weighted by Gasteiger charge is -2.13. The van der Waals surface area contributed by atoms with Crippen LogP contribution in [0.1, 0.15) is 23.7 Å². The van der Waals surface area contributed by atoms with Crippen LogP contribution in [0.5, 0.6) is 0 Å². The van der Waals surface area contributed by atoms with Crippen molar-refractivity contribution >= 4 is 5.91 Å². The molecule has 0 aliphatic heterocycles. The van der Waals surface area contributed by atoms with Gasteiger partial charge in [0, 0.05) is 5.56 Å². The highest BCUT2D eigenvalue weighted by Crippen LogP contribution is 1.99. The van der Waals surface area contributed by atoms with E-state index >= 15 is 0 Å². The van der Waals surface area contributed by atoms with Gasteiger partial charge in [0.05, 0.1) is 12.6 Å². The number of aliphatic hydroxyl groups is 1. The Balaban J connectivity index is 2.59. The standard InChI is InChI=1S/C11H15NO2/c1-2-10(8-13)12-11(14)9-6-4-3-5-7-9/h3-7,10,13H,2,8H2,1H3,(H,12,14)/t10-/m1/s1. The van der Waals surface area contributed by atoms with Crippen LogP contribution in [0.15, 0.2) is 30.3 Å². The minimum Gasteiger partial charge on any atom is -0.394 e. The van der Waals surface area contributed by atoms with Crippen molar-refractivity contribution in [2.75, 3.05) is 6.61 Å². The van der Waals surface area contributed by atoms with E-state index in [2.05, 4.69) is 5.32 Å². The second-order valence-electron chi connectivity index (χ2n) is 3.13. The van der Waals surface area contributed by atoms with E-state index in [-0.39, 0.29) is 18.6 Å². The zero-order valence-corrected chi connectivity index (χ0v) is 8.23. The van der Waals surface area contributed by atoms with Crippen LogP contribution in [0.25, 0.3) is 0 Å². The summed E-state index contributed by atoms with van der Waals surface area (Å²) in [6.07, 6.45) is 0.731. The second kappa shape index (κ2) is 5.40. The number of hydrogen-bond donors (Lipinski definition) is 2. The quantitative estimate of drug-likeness (QED) is 0.754. The predicted molar refractivity (Wildman–Crippen MR) is 55.1 cm³/mol. The first kappa shape index (κ1) is 10.7. The largest absolute Gasteiger partial charge is 0.394 e. The molecule has 0 spiro atoms. The van der Waals surface area contributed by atoms with E-state index in [0.717, 1.165) is 6.42 Å². The van der Waals surface area contributed by atoms with Crippen molar-refractivity contribution in [2.24, 2.45) is 0 Å². The molecule has 0 bridgehead atoms. The van der Waals surface area contributed by atoms with Gasteiger partial charge in [-0.05, 0) is 18.6 Å². The summed E-state index contributed by atoms with van der Waals surface area (Å²) in [5.41, 5.74) is 0.624. The molecule has 3 nitrogen and oxygen atoms in total. The van der Waals surface area contributed by atoms with Crippen LogP contribution < -0.4 is 5.32 Å². The summed E-state index contributed by atoms with van der Waals surface area (Å²) in [6, 6.07) is 8.84. The molecule has 1 aromatic rings. The fourth-order valence-corrected chi connectivity index (χ4v) is 1.14. The number of benzene rings is 1. The zero-order valence-electron chi connectivity index (χ0n) is 8.23. The van der Waals surface area contributed by atoms with Crippen molar-refractivity contribution < 1.29 is 9.90 Å². The van der Waals surface area contributed by atoms with Gasteiger partial charge in [-0.3, -0.25) is 4.79 Å². The van der Waals surface area contributed by atoms with Gasteiger partial charge in [-0.1, -0.05) is 25.1 Å². The number of rotatable bonds is 4. The lowest BCUT2D eigenvalue weighted by Crippen LogP contribution is -2.36. The average Bonchev–Trinajstić information content (AvgIpc) is 2.26. The Morgan fingerprint density at radius 1 is 1.43 bits per heavy atom. The molecule has 0 aliphatic carbocycles. The minimum absolute atomic E-state index is 0.0188. The van der Waals surface area contributed by atoms with Crippen molar-refractivity contribution in [1.29, 1.82) is 0 Å². The summed E-state index contributed by atoms with van der Waals surface area (Å²) in [5, 5.41) is 11.7. The predicted octanol–water partition coefficient (Wildman–Crippen LogP) is 1.19. The van der Waals surface area contributed by atoms with Gasteiger partial charge < -0.3 is 10.4 Å². The molecule has 1 aromatic carbocycles. The zero-order chi connectivity index (χ0) is 10.4. The third-order valence-electron chi connectivity index (χ3n) is 2.08. The highest BCUT2D eigenvalue weighted by Gasteiger charge is 2.09. The molecule has 0 aromatic heterocycles. The van der Waals surface area contributed by atoms with Crippen LogP contribution in [-0.4, -0.2) is 23.7 Å². The monoisotopic (exact) mass is 193 g/mol. The van der Waals surface area contributed by atoms with Crippen LogP contribution in [0, 0.1) is 0 Å². The molecular formula is C11H15NO2. The fraction of sp³-hybridized carbons (Fsp3) is 0.364. The first-order valence-electron chi connectivity index (χ1n) is 4.74. The molecule has 1 rings (SSSR count). The first-order valence-corrected chi connectivity index (χ1v) is 4.74. The summed E-state index contributed by atoms with van der Waals surface area (Å²) in [4.78, 5) is 11.6. The summed E-state index contributed by atoms with van der Waals surface area (Å²) in [6.45, 7) is 1.90. The molecule has 1 amide bonds. The maximum Gasteiger partial charge on any atom is 0.251 e. The molecule has 14 heavy (non-hydrogen) atoms. The van der Waals surface area contributed by atoms with Crippen molar-refractivity contribution in [3.63, 3.8) is 0 Å². The molecule has 3 heteroatoms. The third kappa shape index (κ3) is 2.85. The smallest absolute Gasteiger partial charge is 0.251 e. The highest BCUT2D eigenvalue weighted by molar-refractivity contribution is 5.94. The lowest BCUT2D eigenvalue weighted by atomic mass is 10.2. The number of carbonyl (C=O) groups is 1. The SMILES string of the molecule is CC[C@H](CO)NC(=O)c1ccccc1. The fourth-order valence-electron chi connectivity index (χ4n) is 1.14. The normalized spacial score (nSPS) is 12.1. The van der Waals surface area contributed by atoms with Gasteiger partial charge >= 0.3 is 0 Å². The van der Waals surface area contributed by atoms with E-state index in [4.69, 9.17) is 5.11 Å². The van der Waals surface area contributed by atoms with E-state index in [1.807, 2.05) is 25.1 Å². The molecule has 1 atom stereocenters. The summed E-state index contributed by atoms with van der Waals surface area (Å²) in [5.74, 6) is -0.133. The Hall–Kier alpha value is -1.35. The Morgan fingerprint density at radius 2 is 2.07 bits per heavy atom. The van der Waals surface area contributed by atoms with Gasteiger partial charge in [-0.25, -0.2) is 0 Å². The molecule has 0 saturated heterocycles. The lowest BCUT2D eigenvalue weighted by molar-refractivity contribution is 0.0915. The van der Waals surface area contributed by atoms with Gasteiger partial charge in [-0.2, -0.15) is 0 Å². The van der Waals surface area contributed by atoms with E-state index in [1.54, 1.807) is 12.1 Å². The van der Waals surface area contributed by atoms with E-state index in [9.17, 15) is 4.79 Å². The maximum atomic E-state index is 11.6. The van der Waals surface area contributed by atoms with E-state index in [0.29, 0.717) is 5.56 Å². The molecular weight excluding hydrogens is 178 g/mol. The maximum absolute atomic E-state index is 11.6.